The summed E-state index contributed by atoms with van der Waals surface area (Å²) < 4.78 is 0. The normalized spacial score (nSPS) is 10.1. The predicted octanol–water partition coefficient (Wildman–Crippen LogP) is 4.01. The third-order valence-corrected chi connectivity index (χ3v) is 4.04. The van der Waals surface area contributed by atoms with Gasteiger partial charge in [0.25, 0.3) is 23.2 Å². The molecule has 0 aromatic heterocycles. The number of nitro benzene ring substituents is 2. The Morgan fingerprint density at radius 1 is 0.700 bits per heavy atom. The van der Waals surface area contributed by atoms with Gasteiger partial charge in [0.2, 0.25) is 0 Å². The van der Waals surface area contributed by atoms with Crippen molar-refractivity contribution >= 4 is 34.6 Å². The van der Waals surface area contributed by atoms with Crippen LogP contribution in [0.15, 0.2) is 72.8 Å². The van der Waals surface area contributed by atoms with Gasteiger partial charge < -0.3 is 10.6 Å². The zero-order valence-electron chi connectivity index (χ0n) is 15.3. The molecule has 0 aliphatic heterocycles. The molecule has 0 aliphatic carbocycles. The van der Waals surface area contributed by atoms with Gasteiger partial charge in [0, 0.05) is 17.8 Å². The maximum Gasteiger partial charge on any atom is 0.277 e. The number of para-hydroxylation sites is 2. The van der Waals surface area contributed by atoms with Crippen molar-refractivity contribution in [3.63, 3.8) is 0 Å². The van der Waals surface area contributed by atoms with Crippen molar-refractivity contribution in [2.24, 2.45) is 0 Å². The van der Waals surface area contributed by atoms with E-state index in [2.05, 4.69) is 10.6 Å². The van der Waals surface area contributed by atoms with Gasteiger partial charge in [-0.2, -0.15) is 0 Å². The summed E-state index contributed by atoms with van der Waals surface area (Å²) in [5.41, 5.74) is -0.624. The molecule has 10 heteroatoms. The maximum absolute atomic E-state index is 12.6. The Labute approximate surface area is 169 Å². The number of nitrogens with zero attached hydrogens (tertiary/aromatic N) is 2. The van der Waals surface area contributed by atoms with E-state index in [9.17, 15) is 29.8 Å². The van der Waals surface area contributed by atoms with Gasteiger partial charge in [-0.05, 0) is 24.3 Å². The first-order valence-electron chi connectivity index (χ1n) is 8.56. The fourth-order valence-electron chi connectivity index (χ4n) is 2.64. The van der Waals surface area contributed by atoms with Crippen LogP contribution in [-0.2, 0) is 0 Å². The second-order valence-corrected chi connectivity index (χ2v) is 6.07. The van der Waals surface area contributed by atoms with Gasteiger partial charge in [-0.1, -0.05) is 30.3 Å². The van der Waals surface area contributed by atoms with Gasteiger partial charge in [0.1, 0.15) is 0 Å². The first kappa shape index (κ1) is 20.1. The fraction of sp³-hybridized carbons (Fsp3) is 0. The maximum atomic E-state index is 12.6. The molecule has 0 unspecified atom stereocenters. The van der Waals surface area contributed by atoms with Crippen molar-refractivity contribution in [3.05, 3.63) is 104 Å². The molecule has 0 atom stereocenters. The number of rotatable bonds is 6. The van der Waals surface area contributed by atoms with Gasteiger partial charge in [-0.3, -0.25) is 29.8 Å². The summed E-state index contributed by atoms with van der Waals surface area (Å²) in [5.74, 6) is -1.32. The standard InChI is InChI=1S/C20H14N4O6/c25-19(13-10-15(23(27)28)12-16(11-13)24(29)30)22-18-9-5-4-8-17(18)20(26)21-14-6-2-1-3-7-14/h1-12H,(H,21,26)(H,22,25). The number of carbonyl (C=O) groups excluding carboxylic acids is 2. The number of amides is 2. The molecule has 0 saturated heterocycles. The lowest BCUT2D eigenvalue weighted by atomic mass is 10.1. The molecular formula is C20H14N4O6. The number of hydrogen-bond acceptors (Lipinski definition) is 6. The highest BCUT2D eigenvalue weighted by Crippen LogP contribution is 2.24. The minimum atomic E-state index is -0.832. The summed E-state index contributed by atoms with van der Waals surface area (Å²) in [6, 6.07) is 17.5. The number of carbonyl (C=O) groups is 2. The Hall–Kier alpha value is -4.60. The molecule has 30 heavy (non-hydrogen) atoms. The Kier molecular flexibility index (Phi) is 5.78. The van der Waals surface area contributed by atoms with Crippen LogP contribution >= 0.6 is 0 Å². The minimum Gasteiger partial charge on any atom is -0.322 e. The lowest BCUT2D eigenvalue weighted by Crippen LogP contribution is -2.18. The van der Waals surface area contributed by atoms with Gasteiger partial charge >= 0.3 is 0 Å². The molecule has 10 nitrogen and oxygen atoms in total. The predicted molar refractivity (Wildman–Crippen MR) is 109 cm³/mol. The molecule has 2 amide bonds. The molecule has 0 fully saturated rings. The van der Waals surface area contributed by atoms with Gasteiger partial charge in [-0.25, -0.2) is 0 Å². The lowest BCUT2D eigenvalue weighted by molar-refractivity contribution is -0.394. The largest absolute Gasteiger partial charge is 0.322 e. The molecule has 0 saturated carbocycles. The minimum absolute atomic E-state index is 0.144. The zero-order chi connectivity index (χ0) is 21.7. The highest BCUT2D eigenvalue weighted by molar-refractivity contribution is 6.12. The highest BCUT2D eigenvalue weighted by atomic mass is 16.6. The molecule has 0 radical (unpaired) electrons. The van der Waals surface area contributed by atoms with E-state index >= 15 is 0 Å². The third-order valence-electron chi connectivity index (χ3n) is 4.04. The number of nitrogens with one attached hydrogen (secondary N) is 2. The fourth-order valence-corrected chi connectivity index (χ4v) is 2.64. The molecule has 2 N–H and O–H groups in total. The molecular weight excluding hydrogens is 392 g/mol. The van der Waals surface area contributed by atoms with Crippen LogP contribution in [0.1, 0.15) is 20.7 Å². The van der Waals surface area contributed by atoms with Crippen molar-refractivity contribution < 1.29 is 19.4 Å². The van der Waals surface area contributed by atoms with Crippen LogP contribution in [0, 0.1) is 20.2 Å². The number of nitro groups is 2. The summed E-state index contributed by atoms with van der Waals surface area (Å²) in [4.78, 5) is 45.6. The SMILES string of the molecule is O=C(Nc1ccccc1C(=O)Nc1ccccc1)c1cc([N+](=O)[O-])cc([N+](=O)[O-])c1. The molecule has 3 aromatic rings. The summed E-state index contributed by atoms with van der Waals surface area (Å²) in [6.07, 6.45) is 0. The zero-order valence-corrected chi connectivity index (χ0v) is 15.3. The van der Waals surface area contributed by atoms with E-state index in [0.717, 1.165) is 18.2 Å². The third kappa shape index (κ3) is 4.62. The van der Waals surface area contributed by atoms with Gasteiger partial charge in [-0.15, -0.1) is 0 Å². The van der Waals surface area contributed by atoms with Crippen LogP contribution in [0.4, 0.5) is 22.7 Å². The first-order chi connectivity index (χ1) is 14.3. The molecule has 150 valence electrons. The second kappa shape index (κ2) is 8.61. The summed E-state index contributed by atoms with van der Waals surface area (Å²) >= 11 is 0. The molecule has 3 rings (SSSR count). The van der Waals surface area contributed by atoms with E-state index in [-0.39, 0.29) is 16.8 Å². The average Bonchev–Trinajstić information content (AvgIpc) is 2.74. The van der Waals surface area contributed by atoms with Gasteiger partial charge in [0.05, 0.1) is 32.7 Å². The van der Waals surface area contributed by atoms with Crippen LogP contribution in [0.5, 0.6) is 0 Å². The number of hydrogen-bond donors (Lipinski definition) is 2. The second-order valence-electron chi connectivity index (χ2n) is 6.07. The summed E-state index contributed by atoms with van der Waals surface area (Å²) in [5, 5.41) is 27.2. The number of benzene rings is 3. The molecule has 0 aliphatic rings. The Morgan fingerprint density at radius 2 is 1.27 bits per heavy atom. The van der Waals surface area contributed by atoms with Crippen LogP contribution in [0.25, 0.3) is 0 Å². The van der Waals surface area contributed by atoms with Crippen molar-refractivity contribution in [2.75, 3.05) is 10.6 Å². The summed E-state index contributed by atoms with van der Waals surface area (Å²) in [7, 11) is 0. The monoisotopic (exact) mass is 406 g/mol. The topological polar surface area (TPSA) is 144 Å². The molecule has 0 heterocycles. The van der Waals surface area contributed by atoms with Crippen LogP contribution in [0.3, 0.4) is 0 Å². The van der Waals surface area contributed by atoms with E-state index in [0.29, 0.717) is 5.69 Å². The van der Waals surface area contributed by atoms with Crippen molar-refractivity contribution in [2.45, 2.75) is 0 Å². The highest BCUT2D eigenvalue weighted by Gasteiger charge is 2.21. The smallest absolute Gasteiger partial charge is 0.277 e. The average molecular weight is 406 g/mol. The van der Waals surface area contributed by atoms with E-state index in [4.69, 9.17) is 0 Å². The Bertz CT molecular complexity index is 1110. The molecule has 3 aromatic carbocycles. The molecule has 0 bridgehead atoms. The van der Waals surface area contributed by atoms with Crippen LogP contribution in [0.2, 0.25) is 0 Å². The van der Waals surface area contributed by atoms with E-state index in [1.807, 2.05) is 0 Å². The first-order valence-corrected chi connectivity index (χ1v) is 8.56. The molecule has 0 spiro atoms. The number of non-ortho nitro benzene ring substituents is 2. The van der Waals surface area contributed by atoms with E-state index < -0.39 is 33.0 Å². The quantitative estimate of drug-likeness (QED) is 0.467. The van der Waals surface area contributed by atoms with Crippen LogP contribution < -0.4 is 10.6 Å². The van der Waals surface area contributed by atoms with Crippen molar-refractivity contribution in [1.29, 1.82) is 0 Å². The van der Waals surface area contributed by atoms with E-state index in [1.165, 1.54) is 12.1 Å². The van der Waals surface area contributed by atoms with Crippen molar-refractivity contribution in [1.82, 2.24) is 0 Å². The summed E-state index contributed by atoms with van der Waals surface area (Å²) in [6.45, 7) is 0. The number of anilines is 2. The van der Waals surface area contributed by atoms with Crippen molar-refractivity contribution in [3.8, 4) is 0 Å². The van der Waals surface area contributed by atoms with Gasteiger partial charge in [0.15, 0.2) is 0 Å². The van der Waals surface area contributed by atoms with Crippen LogP contribution in [-0.4, -0.2) is 21.7 Å². The lowest BCUT2D eigenvalue weighted by Gasteiger charge is -2.11. The van der Waals surface area contributed by atoms with E-state index in [1.54, 1.807) is 42.5 Å². The Morgan fingerprint density at radius 3 is 1.87 bits per heavy atom. The Balaban J connectivity index is 1.88.